The van der Waals surface area contributed by atoms with Crippen molar-refractivity contribution in [2.24, 2.45) is 0 Å². The molecular weight excluding hydrogens is 232 g/mol. The Morgan fingerprint density at radius 3 is 2.68 bits per heavy atom. The minimum atomic E-state index is 0.941. The second-order valence-corrected chi connectivity index (χ2v) is 5.02. The van der Waals surface area contributed by atoms with Gasteiger partial charge in [0, 0.05) is 0 Å². The van der Waals surface area contributed by atoms with Gasteiger partial charge in [0.1, 0.15) is 5.75 Å². The smallest absolute Gasteiger partial charge is 0.119 e. The van der Waals surface area contributed by atoms with Crippen LogP contribution in [0.3, 0.4) is 0 Å². The Labute approximate surface area is 112 Å². The first kappa shape index (κ1) is 10.6. The lowest BCUT2D eigenvalue weighted by Crippen LogP contribution is -1.85. The summed E-state index contributed by atoms with van der Waals surface area (Å²) in [5, 5.41) is 2.66. The lowest BCUT2D eigenvalue weighted by Gasteiger charge is -2.07. The molecule has 0 spiro atoms. The highest BCUT2D eigenvalue weighted by Crippen LogP contribution is 2.42. The van der Waals surface area contributed by atoms with Gasteiger partial charge in [0.2, 0.25) is 0 Å². The van der Waals surface area contributed by atoms with E-state index in [-0.39, 0.29) is 0 Å². The van der Waals surface area contributed by atoms with Gasteiger partial charge >= 0.3 is 0 Å². The number of benzene rings is 3. The molecule has 0 aliphatic heterocycles. The van der Waals surface area contributed by atoms with E-state index >= 15 is 0 Å². The van der Waals surface area contributed by atoms with E-state index in [0.717, 1.165) is 12.2 Å². The minimum Gasteiger partial charge on any atom is -0.497 e. The molecule has 4 rings (SSSR count). The maximum absolute atomic E-state index is 5.33. The Morgan fingerprint density at radius 2 is 1.79 bits per heavy atom. The molecule has 0 atom stereocenters. The number of rotatable bonds is 1. The van der Waals surface area contributed by atoms with E-state index in [2.05, 4.69) is 54.6 Å². The van der Waals surface area contributed by atoms with E-state index in [0.29, 0.717) is 0 Å². The van der Waals surface area contributed by atoms with E-state index < -0.39 is 0 Å². The molecule has 0 saturated heterocycles. The van der Waals surface area contributed by atoms with Crippen molar-refractivity contribution in [1.29, 1.82) is 0 Å². The standard InChI is InChI=1S/C18H14O/c1-19-15-8-9-17-14(11-15)10-13-7-6-12-4-2-3-5-16(12)18(13)17/h2-9,11H,10H2,1H3. The summed E-state index contributed by atoms with van der Waals surface area (Å²) in [6, 6.07) is 19.5. The van der Waals surface area contributed by atoms with Crippen molar-refractivity contribution in [1.82, 2.24) is 0 Å². The van der Waals surface area contributed by atoms with Crippen molar-refractivity contribution in [2.75, 3.05) is 7.11 Å². The molecule has 0 unspecified atom stereocenters. The number of methoxy groups -OCH3 is 1. The van der Waals surface area contributed by atoms with E-state index in [9.17, 15) is 0 Å². The molecule has 1 aliphatic carbocycles. The summed E-state index contributed by atoms with van der Waals surface area (Å²) < 4.78 is 5.33. The number of fused-ring (bicyclic) bond motifs is 5. The Balaban J connectivity index is 2.04. The zero-order valence-electron chi connectivity index (χ0n) is 10.8. The van der Waals surface area contributed by atoms with Gasteiger partial charge in [0.05, 0.1) is 7.11 Å². The van der Waals surface area contributed by atoms with Crippen molar-refractivity contribution in [2.45, 2.75) is 6.42 Å². The van der Waals surface area contributed by atoms with Gasteiger partial charge in [-0.3, -0.25) is 0 Å². The first-order valence-corrected chi connectivity index (χ1v) is 6.55. The molecule has 0 radical (unpaired) electrons. The summed E-state index contributed by atoms with van der Waals surface area (Å²) in [7, 11) is 1.72. The Morgan fingerprint density at radius 1 is 0.895 bits per heavy atom. The van der Waals surface area contributed by atoms with Gasteiger partial charge in [-0.15, -0.1) is 0 Å². The van der Waals surface area contributed by atoms with Gasteiger partial charge < -0.3 is 4.74 Å². The molecule has 0 fully saturated rings. The zero-order chi connectivity index (χ0) is 12.8. The molecule has 19 heavy (non-hydrogen) atoms. The van der Waals surface area contributed by atoms with Crippen molar-refractivity contribution >= 4 is 10.8 Å². The average molecular weight is 246 g/mol. The van der Waals surface area contributed by atoms with Crippen LogP contribution in [0.15, 0.2) is 54.6 Å². The first-order chi connectivity index (χ1) is 9.36. The molecule has 1 heteroatoms. The van der Waals surface area contributed by atoms with Crippen molar-refractivity contribution in [3.05, 3.63) is 65.7 Å². The van der Waals surface area contributed by atoms with Gasteiger partial charge in [0.15, 0.2) is 0 Å². The molecule has 1 nitrogen and oxygen atoms in total. The van der Waals surface area contributed by atoms with Gasteiger partial charge in [-0.25, -0.2) is 0 Å². The van der Waals surface area contributed by atoms with E-state index in [4.69, 9.17) is 4.74 Å². The Kier molecular flexibility index (Phi) is 2.16. The van der Waals surface area contributed by atoms with E-state index in [1.807, 2.05) is 0 Å². The lowest BCUT2D eigenvalue weighted by molar-refractivity contribution is 0.414. The van der Waals surface area contributed by atoms with Crippen LogP contribution in [0.2, 0.25) is 0 Å². The molecule has 0 saturated carbocycles. The normalized spacial score (nSPS) is 12.3. The quantitative estimate of drug-likeness (QED) is 0.483. The highest BCUT2D eigenvalue weighted by molar-refractivity contribution is 6.01. The zero-order valence-corrected chi connectivity index (χ0v) is 10.8. The van der Waals surface area contributed by atoms with Crippen molar-refractivity contribution in [3.8, 4) is 16.9 Å². The molecule has 0 aromatic heterocycles. The van der Waals surface area contributed by atoms with E-state index in [1.54, 1.807) is 7.11 Å². The predicted octanol–water partition coefficient (Wildman–Crippen LogP) is 4.42. The predicted molar refractivity (Wildman–Crippen MR) is 78.7 cm³/mol. The van der Waals surface area contributed by atoms with Gasteiger partial charge in [-0.05, 0) is 51.6 Å². The molecule has 0 bridgehead atoms. The van der Waals surface area contributed by atoms with Crippen molar-refractivity contribution in [3.63, 3.8) is 0 Å². The fraction of sp³-hybridized carbons (Fsp3) is 0.111. The number of hydrogen-bond donors (Lipinski definition) is 0. The highest BCUT2D eigenvalue weighted by Gasteiger charge is 2.20. The first-order valence-electron chi connectivity index (χ1n) is 6.55. The van der Waals surface area contributed by atoms with E-state index in [1.165, 1.54) is 33.0 Å². The van der Waals surface area contributed by atoms with Gasteiger partial charge in [0.25, 0.3) is 0 Å². The summed E-state index contributed by atoms with van der Waals surface area (Å²) in [6.07, 6.45) is 1.01. The van der Waals surface area contributed by atoms with Crippen molar-refractivity contribution < 1.29 is 4.74 Å². The second kappa shape index (κ2) is 3.86. The van der Waals surface area contributed by atoms with Crippen LogP contribution in [-0.2, 0) is 6.42 Å². The molecule has 0 amide bonds. The van der Waals surface area contributed by atoms with Crippen LogP contribution < -0.4 is 4.74 Å². The van der Waals surface area contributed by atoms with Gasteiger partial charge in [-0.2, -0.15) is 0 Å². The Hall–Kier alpha value is -2.28. The Bertz CT molecular complexity index is 787. The largest absolute Gasteiger partial charge is 0.497 e. The molecular formula is C18H14O. The third kappa shape index (κ3) is 1.48. The summed E-state index contributed by atoms with van der Waals surface area (Å²) in [5.41, 5.74) is 5.54. The van der Waals surface area contributed by atoms with Crippen LogP contribution in [0.5, 0.6) is 5.75 Å². The molecule has 3 aromatic carbocycles. The number of ether oxygens (including phenoxy) is 1. The summed E-state index contributed by atoms with van der Waals surface area (Å²) in [6.45, 7) is 0. The SMILES string of the molecule is COc1ccc2c(c1)Cc1ccc3ccccc3c1-2. The maximum atomic E-state index is 5.33. The summed E-state index contributed by atoms with van der Waals surface area (Å²) in [4.78, 5) is 0. The molecule has 3 aromatic rings. The molecule has 92 valence electrons. The van der Waals surface area contributed by atoms with Crippen LogP contribution in [0.1, 0.15) is 11.1 Å². The second-order valence-electron chi connectivity index (χ2n) is 5.02. The maximum Gasteiger partial charge on any atom is 0.119 e. The van der Waals surface area contributed by atoms with Crippen LogP contribution in [-0.4, -0.2) is 7.11 Å². The molecule has 1 aliphatic rings. The highest BCUT2D eigenvalue weighted by atomic mass is 16.5. The monoisotopic (exact) mass is 246 g/mol. The average Bonchev–Trinajstić information content (AvgIpc) is 2.84. The topological polar surface area (TPSA) is 9.23 Å². The lowest BCUT2D eigenvalue weighted by atomic mass is 9.98. The van der Waals surface area contributed by atoms with Crippen LogP contribution in [0, 0.1) is 0 Å². The third-order valence-electron chi connectivity index (χ3n) is 3.98. The third-order valence-corrected chi connectivity index (χ3v) is 3.98. The molecule has 0 N–H and O–H groups in total. The molecule has 0 heterocycles. The fourth-order valence-corrected chi connectivity index (χ4v) is 3.07. The minimum absolute atomic E-state index is 0.941. The van der Waals surface area contributed by atoms with Gasteiger partial charge in [-0.1, -0.05) is 42.5 Å². The summed E-state index contributed by atoms with van der Waals surface area (Å²) >= 11 is 0. The van der Waals surface area contributed by atoms with Crippen LogP contribution in [0.25, 0.3) is 21.9 Å². The number of hydrogen-bond acceptors (Lipinski definition) is 1. The van der Waals surface area contributed by atoms with Crippen LogP contribution >= 0.6 is 0 Å². The van der Waals surface area contributed by atoms with Crippen LogP contribution in [0.4, 0.5) is 0 Å². The fourth-order valence-electron chi connectivity index (χ4n) is 3.07. The summed E-state index contributed by atoms with van der Waals surface area (Å²) in [5.74, 6) is 0.941.